The smallest absolute Gasteiger partial charge is 0.179 e. The van der Waals surface area contributed by atoms with Crippen LogP contribution in [0.3, 0.4) is 0 Å². The summed E-state index contributed by atoms with van der Waals surface area (Å²) in [6.07, 6.45) is 3.34. The second-order valence-electron chi connectivity index (χ2n) is 5.69. The minimum absolute atomic E-state index is 0.0905. The van der Waals surface area contributed by atoms with Crippen LogP contribution in [0.1, 0.15) is 25.3 Å². The summed E-state index contributed by atoms with van der Waals surface area (Å²) in [6, 6.07) is 3.96. The highest BCUT2D eigenvalue weighted by atomic mass is 35.5. The molecule has 1 aromatic carbocycles. The first kappa shape index (κ1) is 16.4. The normalized spacial score (nSPS) is 17.0. The van der Waals surface area contributed by atoms with E-state index in [1.807, 2.05) is 19.1 Å². The maximum atomic E-state index is 6.33. The summed E-state index contributed by atoms with van der Waals surface area (Å²) in [4.78, 5) is 2.41. The van der Waals surface area contributed by atoms with Gasteiger partial charge in [0.2, 0.25) is 0 Å². The Morgan fingerprint density at radius 3 is 2.67 bits per heavy atom. The van der Waals surface area contributed by atoms with Crippen LogP contribution in [-0.2, 0) is 6.42 Å². The molecule has 2 rings (SSSR count). The van der Waals surface area contributed by atoms with E-state index >= 15 is 0 Å². The van der Waals surface area contributed by atoms with E-state index in [1.165, 1.54) is 25.9 Å². The molecule has 0 radical (unpaired) electrons. The number of methoxy groups -OCH3 is 1. The number of hydrogen-bond acceptors (Lipinski definition) is 4. The monoisotopic (exact) mass is 312 g/mol. The number of hydrogen-bond donors (Lipinski definition) is 1. The van der Waals surface area contributed by atoms with Gasteiger partial charge in [0.1, 0.15) is 6.61 Å². The Morgan fingerprint density at radius 1 is 1.33 bits per heavy atom. The fraction of sp³-hybridized carbons (Fsp3) is 0.625. The van der Waals surface area contributed by atoms with Gasteiger partial charge in [-0.15, -0.1) is 0 Å². The summed E-state index contributed by atoms with van der Waals surface area (Å²) >= 11 is 6.33. The lowest BCUT2D eigenvalue weighted by atomic mass is 10.1. The molecule has 118 valence electrons. The molecule has 4 nitrogen and oxygen atoms in total. The van der Waals surface area contributed by atoms with Gasteiger partial charge in [-0.2, -0.15) is 0 Å². The Kier molecular flexibility index (Phi) is 6.15. The maximum Gasteiger partial charge on any atom is 0.179 e. The second-order valence-corrected chi connectivity index (χ2v) is 6.09. The average molecular weight is 313 g/mol. The quantitative estimate of drug-likeness (QED) is 0.841. The van der Waals surface area contributed by atoms with Crippen molar-refractivity contribution in [3.8, 4) is 11.5 Å². The van der Waals surface area contributed by atoms with Crippen molar-refractivity contribution in [1.82, 2.24) is 4.90 Å². The van der Waals surface area contributed by atoms with Crippen molar-refractivity contribution < 1.29 is 9.47 Å². The molecule has 0 amide bonds. The van der Waals surface area contributed by atoms with Gasteiger partial charge >= 0.3 is 0 Å². The van der Waals surface area contributed by atoms with E-state index in [-0.39, 0.29) is 6.04 Å². The molecule has 1 aliphatic heterocycles. The summed E-state index contributed by atoms with van der Waals surface area (Å²) in [6.45, 7) is 5.87. The minimum atomic E-state index is 0.0905. The van der Waals surface area contributed by atoms with E-state index in [9.17, 15) is 0 Å². The lowest BCUT2D eigenvalue weighted by Gasteiger charge is -2.18. The Hall–Kier alpha value is -0.970. The zero-order chi connectivity index (χ0) is 15.2. The van der Waals surface area contributed by atoms with E-state index in [1.54, 1.807) is 7.11 Å². The van der Waals surface area contributed by atoms with Gasteiger partial charge in [0.25, 0.3) is 0 Å². The molecule has 1 aliphatic rings. The van der Waals surface area contributed by atoms with Crippen LogP contribution in [0.25, 0.3) is 0 Å². The molecule has 1 atom stereocenters. The van der Waals surface area contributed by atoms with Gasteiger partial charge in [-0.1, -0.05) is 11.6 Å². The van der Waals surface area contributed by atoms with Crippen LogP contribution in [0.4, 0.5) is 0 Å². The fourth-order valence-corrected chi connectivity index (χ4v) is 2.97. The summed E-state index contributed by atoms with van der Waals surface area (Å²) in [5.74, 6) is 1.31. The molecule has 0 saturated carbocycles. The van der Waals surface area contributed by atoms with Crippen molar-refractivity contribution in [2.75, 3.05) is 33.4 Å². The van der Waals surface area contributed by atoms with Crippen LogP contribution in [0.2, 0.25) is 5.02 Å². The van der Waals surface area contributed by atoms with Crippen LogP contribution in [0.5, 0.6) is 11.5 Å². The molecule has 1 aromatic rings. The van der Waals surface area contributed by atoms with E-state index in [0.29, 0.717) is 23.1 Å². The molecule has 21 heavy (non-hydrogen) atoms. The van der Waals surface area contributed by atoms with Gasteiger partial charge in [-0.25, -0.2) is 0 Å². The standard InChI is InChI=1S/C16H25ClN2O2/c1-12(18)9-13-10-14(17)16(15(11-13)20-2)21-8-7-19-5-3-4-6-19/h10-12H,3-9,18H2,1-2H3. The van der Waals surface area contributed by atoms with Crippen LogP contribution in [-0.4, -0.2) is 44.3 Å². The van der Waals surface area contributed by atoms with Crippen LogP contribution >= 0.6 is 11.6 Å². The molecular formula is C16H25ClN2O2. The molecule has 0 spiro atoms. The molecule has 1 saturated heterocycles. The Labute approximate surface area is 132 Å². The van der Waals surface area contributed by atoms with Gasteiger partial charge in [0.15, 0.2) is 11.5 Å². The number of nitrogens with zero attached hydrogens (tertiary/aromatic N) is 1. The highest BCUT2D eigenvalue weighted by molar-refractivity contribution is 6.32. The summed E-state index contributed by atoms with van der Waals surface area (Å²) in [5.41, 5.74) is 6.90. The Balaban J connectivity index is 2.00. The lowest BCUT2D eigenvalue weighted by Crippen LogP contribution is -2.25. The topological polar surface area (TPSA) is 47.7 Å². The molecule has 0 aliphatic carbocycles. The second kappa shape index (κ2) is 7.87. The first-order chi connectivity index (χ1) is 10.1. The number of benzene rings is 1. The number of halogens is 1. The molecular weight excluding hydrogens is 288 g/mol. The van der Waals surface area contributed by atoms with Crippen molar-refractivity contribution in [2.45, 2.75) is 32.2 Å². The van der Waals surface area contributed by atoms with E-state index in [0.717, 1.165) is 18.5 Å². The molecule has 5 heteroatoms. The molecule has 1 unspecified atom stereocenters. The number of ether oxygens (including phenoxy) is 2. The first-order valence-corrected chi connectivity index (χ1v) is 7.95. The highest BCUT2D eigenvalue weighted by Crippen LogP contribution is 2.36. The number of nitrogens with two attached hydrogens (primary N) is 1. The van der Waals surface area contributed by atoms with Gasteiger partial charge in [-0.3, -0.25) is 4.90 Å². The van der Waals surface area contributed by atoms with Gasteiger partial charge in [0, 0.05) is 12.6 Å². The fourth-order valence-electron chi connectivity index (χ4n) is 2.69. The first-order valence-electron chi connectivity index (χ1n) is 7.57. The predicted molar refractivity (Wildman–Crippen MR) is 86.5 cm³/mol. The molecule has 1 fully saturated rings. The van der Waals surface area contributed by atoms with Gasteiger partial charge in [0.05, 0.1) is 12.1 Å². The highest BCUT2D eigenvalue weighted by Gasteiger charge is 2.15. The number of likely N-dealkylation sites (tertiary alicyclic amines) is 1. The van der Waals surface area contributed by atoms with E-state index in [4.69, 9.17) is 26.8 Å². The largest absolute Gasteiger partial charge is 0.493 e. The predicted octanol–water partition coefficient (Wildman–Crippen LogP) is 2.71. The molecule has 0 bridgehead atoms. The van der Waals surface area contributed by atoms with Crippen molar-refractivity contribution in [3.05, 3.63) is 22.7 Å². The van der Waals surface area contributed by atoms with Gasteiger partial charge in [-0.05, 0) is 57.0 Å². The summed E-state index contributed by atoms with van der Waals surface area (Å²) in [5, 5.41) is 0.589. The lowest BCUT2D eigenvalue weighted by molar-refractivity contribution is 0.230. The van der Waals surface area contributed by atoms with Crippen molar-refractivity contribution in [2.24, 2.45) is 5.73 Å². The third-order valence-corrected chi connectivity index (χ3v) is 3.98. The maximum absolute atomic E-state index is 6.33. The van der Waals surface area contributed by atoms with Crippen LogP contribution in [0, 0.1) is 0 Å². The zero-order valence-electron chi connectivity index (χ0n) is 12.9. The van der Waals surface area contributed by atoms with Crippen LogP contribution in [0.15, 0.2) is 12.1 Å². The molecule has 0 aromatic heterocycles. The van der Waals surface area contributed by atoms with Crippen molar-refractivity contribution in [3.63, 3.8) is 0 Å². The number of rotatable bonds is 7. The van der Waals surface area contributed by atoms with E-state index in [2.05, 4.69) is 4.90 Å². The molecule has 1 heterocycles. The minimum Gasteiger partial charge on any atom is -0.493 e. The Bertz CT molecular complexity index is 460. The SMILES string of the molecule is COc1cc(CC(C)N)cc(Cl)c1OCCN1CCCC1. The average Bonchev–Trinajstić information content (AvgIpc) is 2.93. The zero-order valence-corrected chi connectivity index (χ0v) is 13.7. The molecule has 2 N–H and O–H groups in total. The van der Waals surface area contributed by atoms with Crippen molar-refractivity contribution in [1.29, 1.82) is 0 Å². The van der Waals surface area contributed by atoms with E-state index < -0.39 is 0 Å². The summed E-state index contributed by atoms with van der Waals surface area (Å²) < 4.78 is 11.3. The van der Waals surface area contributed by atoms with Crippen molar-refractivity contribution >= 4 is 11.6 Å². The summed E-state index contributed by atoms with van der Waals surface area (Å²) in [7, 11) is 1.63. The van der Waals surface area contributed by atoms with Gasteiger partial charge < -0.3 is 15.2 Å². The van der Waals surface area contributed by atoms with Crippen LogP contribution < -0.4 is 15.2 Å². The third-order valence-electron chi connectivity index (χ3n) is 3.70. The Morgan fingerprint density at radius 2 is 2.05 bits per heavy atom. The third kappa shape index (κ3) is 4.77.